The van der Waals surface area contributed by atoms with Gasteiger partial charge in [0, 0.05) is 11.2 Å². The monoisotopic (exact) mass is 404 g/mol. The van der Waals surface area contributed by atoms with Gasteiger partial charge in [-0.25, -0.2) is 4.79 Å². The number of ether oxygens (including phenoxy) is 1. The summed E-state index contributed by atoms with van der Waals surface area (Å²) in [5.41, 5.74) is 1.90. The number of esters is 1. The molecule has 1 amide bonds. The number of hydrogen-bond donors (Lipinski definition) is 2. The molecule has 156 valence electrons. The summed E-state index contributed by atoms with van der Waals surface area (Å²) >= 11 is 0. The van der Waals surface area contributed by atoms with E-state index < -0.39 is 5.97 Å². The highest BCUT2D eigenvalue weighted by Crippen LogP contribution is 2.55. The molecule has 0 unspecified atom stereocenters. The van der Waals surface area contributed by atoms with Crippen LogP contribution in [0.25, 0.3) is 0 Å². The largest absolute Gasteiger partial charge is 0.452 e. The Labute approximate surface area is 177 Å². The number of hydrogen-bond acceptors (Lipinski definition) is 4. The van der Waals surface area contributed by atoms with Crippen molar-refractivity contribution in [1.82, 2.24) is 5.32 Å². The summed E-state index contributed by atoms with van der Waals surface area (Å²) in [6.45, 7) is -0.236. The molecule has 5 nitrogen and oxygen atoms in total. The van der Waals surface area contributed by atoms with Crippen molar-refractivity contribution >= 4 is 23.3 Å². The van der Waals surface area contributed by atoms with Crippen LogP contribution in [0, 0.1) is 17.8 Å². The first-order valence-corrected chi connectivity index (χ1v) is 11.0. The molecule has 0 saturated heterocycles. The standard InChI is InChI=1S/C25H28N2O3/c28-23(27-25-13-17-10-18(14-25)12-19(11-17)15-25)16-30-24(29)21-8-4-5-9-22(21)26-20-6-2-1-3-7-20/h1-9,17-19,26H,10-16H2,(H,27,28). The maximum Gasteiger partial charge on any atom is 0.340 e. The number of nitrogens with one attached hydrogen (secondary N) is 2. The third kappa shape index (κ3) is 3.93. The second-order valence-electron chi connectivity index (χ2n) is 9.36. The molecule has 4 fully saturated rings. The molecular formula is C25H28N2O3. The quantitative estimate of drug-likeness (QED) is 0.687. The Morgan fingerprint density at radius 2 is 1.47 bits per heavy atom. The van der Waals surface area contributed by atoms with Crippen LogP contribution in [-0.4, -0.2) is 24.0 Å². The summed E-state index contributed by atoms with van der Waals surface area (Å²) in [7, 11) is 0. The van der Waals surface area contributed by atoms with Crippen molar-refractivity contribution in [3.05, 3.63) is 60.2 Å². The SMILES string of the molecule is O=C(COC(=O)c1ccccc1Nc1ccccc1)NC12CC3CC(CC(C3)C1)C2. The van der Waals surface area contributed by atoms with Gasteiger partial charge in [-0.15, -0.1) is 0 Å². The molecule has 2 N–H and O–H groups in total. The van der Waals surface area contributed by atoms with Gasteiger partial charge < -0.3 is 15.4 Å². The fourth-order valence-electron chi connectivity index (χ4n) is 6.25. The Morgan fingerprint density at radius 1 is 0.867 bits per heavy atom. The van der Waals surface area contributed by atoms with Crippen molar-refractivity contribution in [3.63, 3.8) is 0 Å². The normalized spacial score (nSPS) is 28.7. The molecule has 0 radical (unpaired) electrons. The third-order valence-electron chi connectivity index (χ3n) is 6.98. The fourth-order valence-corrected chi connectivity index (χ4v) is 6.25. The summed E-state index contributed by atoms with van der Waals surface area (Å²) in [5, 5.41) is 6.50. The van der Waals surface area contributed by atoms with Crippen LogP contribution in [0.2, 0.25) is 0 Å². The van der Waals surface area contributed by atoms with E-state index in [9.17, 15) is 9.59 Å². The molecule has 4 aliphatic rings. The first kappa shape index (κ1) is 19.2. The van der Waals surface area contributed by atoms with E-state index in [4.69, 9.17) is 4.74 Å². The van der Waals surface area contributed by atoms with Crippen molar-refractivity contribution in [2.24, 2.45) is 17.8 Å². The summed E-state index contributed by atoms with van der Waals surface area (Å²) in [5.74, 6) is 1.61. The zero-order valence-corrected chi connectivity index (χ0v) is 17.1. The van der Waals surface area contributed by atoms with Gasteiger partial charge in [0.25, 0.3) is 5.91 Å². The minimum absolute atomic E-state index is 0.0645. The van der Waals surface area contributed by atoms with Crippen molar-refractivity contribution in [2.45, 2.75) is 44.1 Å². The van der Waals surface area contributed by atoms with Gasteiger partial charge in [-0.2, -0.15) is 0 Å². The molecular weight excluding hydrogens is 376 g/mol. The Kier molecular flexibility index (Phi) is 4.97. The highest BCUT2D eigenvalue weighted by atomic mass is 16.5. The number of amides is 1. The molecule has 30 heavy (non-hydrogen) atoms. The lowest BCUT2D eigenvalue weighted by molar-refractivity contribution is -0.130. The minimum atomic E-state index is -0.491. The highest BCUT2D eigenvalue weighted by Gasteiger charge is 2.51. The van der Waals surface area contributed by atoms with Crippen LogP contribution >= 0.6 is 0 Å². The molecule has 6 rings (SSSR count). The lowest BCUT2D eigenvalue weighted by Gasteiger charge is -2.56. The zero-order valence-electron chi connectivity index (χ0n) is 17.1. The number of carbonyl (C=O) groups excluding carboxylic acids is 2. The topological polar surface area (TPSA) is 67.4 Å². The molecule has 0 aliphatic heterocycles. The van der Waals surface area contributed by atoms with E-state index in [1.807, 2.05) is 42.5 Å². The summed E-state index contributed by atoms with van der Waals surface area (Å²) in [4.78, 5) is 25.3. The fraction of sp³-hybridized carbons (Fsp3) is 0.440. The molecule has 2 aromatic carbocycles. The summed E-state index contributed by atoms with van der Waals surface area (Å²) in [6, 6.07) is 16.9. The van der Waals surface area contributed by atoms with Gasteiger partial charge >= 0.3 is 5.97 Å². The zero-order chi connectivity index (χ0) is 20.6. The summed E-state index contributed by atoms with van der Waals surface area (Å²) in [6.07, 6.45) is 7.24. The van der Waals surface area contributed by atoms with Gasteiger partial charge in [0.15, 0.2) is 6.61 Å². The van der Waals surface area contributed by atoms with E-state index in [0.717, 1.165) is 42.7 Å². The number of carbonyl (C=O) groups is 2. The molecule has 2 aromatic rings. The number of para-hydroxylation sites is 2. The van der Waals surface area contributed by atoms with Crippen molar-refractivity contribution in [1.29, 1.82) is 0 Å². The lowest BCUT2D eigenvalue weighted by Crippen LogP contribution is -2.60. The van der Waals surface area contributed by atoms with Crippen molar-refractivity contribution in [2.75, 3.05) is 11.9 Å². The second-order valence-corrected chi connectivity index (χ2v) is 9.36. The lowest BCUT2D eigenvalue weighted by atomic mass is 9.53. The maximum absolute atomic E-state index is 12.7. The van der Waals surface area contributed by atoms with Gasteiger partial charge in [-0.3, -0.25) is 4.79 Å². The molecule has 0 spiro atoms. The van der Waals surface area contributed by atoms with E-state index in [-0.39, 0.29) is 18.1 Å². The average molecular weight is 405 g/mol. The number of rotatable bonds is 6. The predicted octanol–water partition coefficient (Wildman–Crippen LogP) is 4.67. The molecule has 0 heterocycles. The van der Waals surface area contributed by atoms with E-state index in [2.05, 4.69) is 10.6 Å². The van der Waals surface area contributed by atoms with Gasteiger partial charge in [0.1, 0.15) is 0 Å². The van der Waals surface area contributed by atoms with Crippen LogP contribution < -0.4 is 10.6 Å². The first-order valence-electron chi connectivity index (χ1n) is 11.0. The molecule has 5 heteroatoms. The van der Waals surface area contributed by atoms with E-state index in [1.165, 1.54) is 19.3 Å². The average Bonchev–Trinajstić information content (AvgIpc) is 2.72. The number of anilines is 2. The Morgan fingerprint density at radius 3 is 2.13 bits per heavy atom. The molecule has 4 aliphatic carbocycles. The molecule has 0 aromatic heterocycles. The van der Waals surface area contributed by atoms with Crippen LogP contribution in [0.4, 0.5) is 11.4 Å². The van der Waals surface area contributed by atoms with E-state index >= 15 is 0 Å². The Hall–Kier alpha value is -2.82. The van der Waals surface area contributed by atoms with Crippen LogP contribution in [0.5, 0.6) is 0 Å². The number of benzene rings is 2. The second kappa shape index (κ2) is 7.78. The van der Waals surface area contributed by atoms with Crippen LogP contribution in [0.3, 0.4) is 0 Å². The third-order valence-corrected chi connectivity index (χ3v) is 6.98. The minimum Gasteiger partial charge on any atom is -0.452 e. The van der Waals surface area contributed by atoms with Gasteiger partial charge in [0.2, 0.25) is 0 Å². The first-order chi connectivity index (χ1) is 14.6. The Balaban J connectivity index is 1.20. The highest BCUT2D eigenvalue weighted by molar-refractivity contribution is 5.97. The summed E-state index contributed by atoms with van der Waals surface area (Å²) < 4.78 is 5.39. The smallest absolute Gasteiger partial charge is 0.340 e. The molecule has 4 bridgehead atoms. The van der Waals surface area contributed by atoms with Crippen LogP contribution in [-0.2, 0) is 9.53 Å². The van der Waals surface area contributed by atoms with Crippen LogP contribution in [0.15, 0.2) is 54.6 Å². The maximum atomic E-state index is 12.7. The molecule has 4 saturated carbocycles. The molecule has 0 atom stereocenters. The van der Waals surface area contributed by atoms with Gasteiger partial charge in [-0.05, 0) is 80.5 Å². The van der Waals surface area contributed by atoms with E-state index in [1.54, 1.807) is 12.1 Å². The van der Waals surface area contributed by atoms with Gasteiger partial charge in [0.05, 0.1) is 11.3 Å². The van der Waals surface area contributed by atoms with E-state index in [0.29, 0.717) is 11.3 Å². The Bertz CT molecular complexity index is 905. The van der Waals surface area contributed by atoms with Gasteiger partial charge in [-0.1, -0.05) is 30.3 Å². The van der Waals surface area contributed by atoms with Crippen LogP contribution in [0.1, 0.15) is 48.9 Å². The van der Waals surface area contributed by atoms with Crippen molar-refractivity contribution in [3.8, 4) is 0 Å². The van der Waals surface area contributed by atoms with Crippen molar-refractivity contribution < 1.29 is 14.3 Å². The predicted molar refractivity (Wildman–Crippen MR) is 115 cm³/mol.